The quantitative estimate of drug-likeness (QED) is 0.253. The smallest absolute Gasteiger partial charge is 0.337 e. The van der Waals surface area contributed by atoms with Crippen molar-refractivity contribution in [3.8, 4) is 5.75 Å². The summed E-state index contributed by atoms with van der Waals surface area (Å²) in [6.07, 6.45) is 0.646. The number of hydrogen-bond donors (Lipinski definition) is 1. The number of rotatable bonds is 9. The third-order valence-corrected chi connectivity index (χ3v) is 5.69. The Hall–Kier alpha value is -3.65. The van der Waals surface area contributed by atoms with Gasteiger partial charge in [0.05, 0.1) is 30.4 Å². The van der Waals surface area contributed by atoms with E-state index in [4.69, 9.17) is 9.47 Å². The number of hydrogen-bond acceptors (Lipinski definition) is 7. The Morgan fingerprint density at radius 3 is 2.17 bits per heavy atom. The molecular weight excluding hydrogens is 448 g/mol. The monoisotopic (exact) mass is 480 g/mol. The number of benzene rings is 2. The van der Waals surface area contributed by atoms with Crippen LogP contribution in [0.5, 0.6) is 5.75 Å². The second kappa shape index (κ2) is 11.2. The highest BCUT2D eigenvalue weighted by Crippen LogP contribution is 2.39. The zero-order valence-electron chi connectivity index (χ0n) is 20.8. The van der Waals surface area contributed by atoms with E-state index in [1.165, 1.54) is 12.0 Å². The van der Waals surface area contributed by atoms with Gasteiger partial charge in [-0.15, -0.1) is 0 Å². The fourth-order valence-corrected chi connectivity index (χ4v) is 4.05. The third kappa shape index (κ3) is 5.89. The Morgan fingerprint density at radius 2 is 1.63 bits per heavy atom. The summed E-state index contributed by atoms with van der Waals surface area (Å²) in [5.41, 5.74) is 1.39. The molecule has 1 N–H and O–H groups in total. The second-order valence-corrected chi connectivity index (χ2v) is 8.95. The van der Waals surface area contributed by atoms with Crippen molar-refractivity contribution in [3.63, 3.8) is 0 Å². The predicted octanol–water partition coefficient (Wildman–Crippen LogP) is 3.63. The van der Waals surface area contributed by atoms with Crippen molar-refractivity contribution in [1.82, 2.24) is 9.80 Å². The molecule has 1 atom stereocenters. The van der Waals surface area contributed by atoms with Gasteiger partial charge < -0.3 is 24.4 Å². The van der Waals surface area contributed by atoms with Gasteiger partial charge in [-0.2, -0.15) is 0 Å². The average molecular weight is 481 g/mol. The summed E-state index contributed by atoms with van der Waals surface area (Å²) in [5, 5.41) is 11.2. The first-order valence-electron chi connectivity index (χ1n) is 11.5. The van der Waals surface area contributed by atoms with E-state index in [-0.39, 0.29) is 17.4 Å². The number of nitrogens with zero attached hydrogens (tertiary/aromatic N) is 2. The molecule has 8 nitrogen and oxygen atoms in total. The SMILES string of the molecule is COC(=O)c1ccc(C2/C(=C(\O)c3ccc(OC(C)C)cc3)C(=O)C(=O)N2CCCN(C)C)cc1. The summed E-state index contributed by atoms with van der Waals surface area (Å²) in [7, 11) is 5.17. The molecule has 2 aromatic carbocycles. The van der Waals surface area contributed by atoms with Crippen LogP contribution in [0, 0.1) is 0 Å². The maximum Gasteiger partial charge on any atom is 0.337 e. The van der Waals surface area contributed by atoms with Gasteiger partial charge >= 0.3 is 5.97 Å². The number of amides is 1. The van der Waals surface area contributed by atoms with Gasteiger partial charge in [-0.05, 0) is 82.9 Å². The van der Waals surface area contributed by atoms with Crippen LogP contribution in [0.15, 0.2) is 54.1 Å². The molecular formula is C27H32N2O6. The van der Waals surface area contributed by atoms with Crippen molar-refractivity contribution in [3.05, 3.63) is 70.8 Å². The zero-order chi connectivity index (χ0) is 25.7. The lowest BCUT2D eigenvalue weighted by Gasteiger charge is -2.26. The molecule has 1 fully saturated rings. The highest BCUT2D eigenvalue weighted by molar-refractivity contribution is 6.46. The fraction of sp³-hybridized carbons (Fsp3) is 0.370. The van der Waals surface area contributed by atoms with Gasteiger partial charge in [0.1, 0.15) is 11.5 Å². The summed E-state index contributed by atoms with van der Waals surface area (Å²) in [5.74, 6) is -1.50. The van der Waals surface area contributed by atoms with Gasteiger partial charge in [0, 0.05) is 12.1 Å². The minimum absolute atomic E-state index is 0.00472. The minimum atomic E-state index is -0.782. The molecule has 0 radical (unpaired) electrons. The number of esters is 1. The van der Waals surface area contributed by atoms with Crippen LogP contribution in [-0.2, 0) is 14.3 Å². The van der Waals surface area contributed by atoms with Crippen LogP contribution in [-0.4, -0.2) is 73.0 Å². The van der Waals surface area contributed by atoms with Crippen LogP contribution in [0.25, 0.3) is 5.76 Å². The first-order valence-corrected chi connectivity index (χ1v) is 11.5. The molecule has 1 amide bonds. The minimum Gasteiger partial charge on any atom is -0.507 e. The first kappa shape index (κ1) is 26.0. The molecule has 1 heterocycles. The topological polar surface area (TPSA) is 96.4 Å². The van der Waals surface area contributed by atoms with Gasteiger partial charge in [0.2, 0.25) is 0 Å². The summed E-state index contributed by atoms with van der Waals surface area (Å²) >= 11 is 0. The molecule has 3 rings (SSSR count). The van der Waals surface area contributed by atoms with Crippen LogP contribution >= 0.6 is 0 Å². The van der Waals surface area contributed by atoms with Crippen molar-refractivity contribution >= 4 is 23.4 Å². The molecule has 1 aliphatic rings. The molecule has 0 aliphatic carbocycles. The van der Waals surface area contributed by atoms with E-state index in [1.807, 2.05) is 32.8 Å². The van der Waals surface area contributed by atoms with Gasteiger partial charge in [-0.3, -0.25) is 9.59 Å². The molecule has 8 heteroatoms. The van der Waals surface area contributed by atoms with Crippen LogP contribution in [0.2, 0.25) is 0 Å². The van der Waals surface area contributed by atoms with Crippen molar-refractivity contribution in [2.24, 2.45) is 0 Å². The van der Waals surface area contributed by atoms with Crippen molar-refractivity contribution in [2.75, 3.05) is 34.3 Å². The molecule has 0 spiro atoms. The Labute approximate surface area is 205 Å². The van der Waals surface area contributed by atoms with Crippen LogP contribution in [0.4, 0.5) is 0 Å². The van der Waals surface area contributed by atoms with Crippen molar-refractivity contribution < 1.29 is 29.0 Å². The number of methoxy groups -OCH3 is 1. The molecule has 0 aromatic heterocycles. The number of ketones is 1. The van der Waals surface area contributed by atoms with E-state index in [1.54, 1.807) is 48.5 Å². The number of aliphatic hydroxyl groups is 1. The Balaban J connectivity index is 2.05. The van der Waals surface area contributed by atoms with Crippen molar-refractivity contribution in [1.29, 1.82) is 0 Å². The molecule has 1 saturated heterocycles. The van der Waals surface area contributed by atoms with E-state index in [9.17, 15) is 19.5 Å². The molecule has 0 bridgehead atoms. The van der Waals surface area contributed by atoms with Crippen LogP contribution < -0.4 is 4.74 Å². The molecule has 35 heavy (non-hydrogen) atoms. The normalized spacial score (nSPS) is 17.3. The van der Waals surface area contributed by atoms with E-state index in [0.29, 0.717) is 35.4 Å². The van der Waals surface area contributed by atoms with Gasteiger partial charge in [0.25, 0.3) is 11.7 Å². The van der Waals surface area contributed by atoms with Gasteiger partial charge in [0.15, 0.2) is 0 Å². The lowest BCUT2D eigenvalue weighted by Crippen LogP contribution is -2.32. The molecule has 1 aliphatic heterocycles. The largest absolute Gasteiger partial charge is 0.507 e. The van der Waals surface area contributed by atoms with E-state index in [2.05, 4.69) is 0 Å². The summed E-state index contributed by atoms with van der Waals surface area (Å²) in [6.45, 7) is 4.90. The zero-order valence-corrected chi connectivity index (χ0v) is 20.8. The average Bonchev–Trinajstić information content (AvgIpc) is 3.08. The third-order valence-electron chi connectivity index (χ3n) is 5.69. The van der Waals surface area contributed by atoms with Crippen LogP contribution in [0.1, 0.15) is 47.8 Å². The maximum absolute atomic E-state index is 13.1. The van der Waals surface area contributed by atoms with Crippen molar-refractivity contribution in [2.45, 2.75) is 32.4 Å². The number of likely N-dealkylation sites (tertiary alicyclic amines) is 1. The Morgan fingerprint density at radius 1 is 1.03 bits per heavy atom. The summed E-state index contributed by atoms with van der Waals surface area (Å²) in [6, 6.07) is 12.5. The molecule has 186 valence electrons. The number of ether oxygens (including phenoxy) is 2. The lowest BCUT2D eigenvalue weighted by atomic mass is 9.94. The number of Topliss-reactive ketones (excluding diaryl/α,β-unsaturated/α-hetero) is 1. The number of carbonyl (C=O) groups is 3. The number of carbonyl (C=O) groups excluding carboxylic acids is 3. The number of aliphatic hydroxyl groups excluding tert-OH is 1. The Kier molecular flexibility index (Phi) is 8.30. The van der Waals surface area contributed by atoms with Crippen LogP contribution in [0.3, 0.4) is 0 Å². The summed E-state index contributed by atoms with van der Waals surface area (Å²) in [4.78, 5) is 41.5. The molecule has 1 unspecified atom stereocenters. The predicted molar refractivity (Wildman–Crippen MR) is 132 cm³/mol. The molecule has 2 aromatic rings. The fourth-order valence-electron chi connectivity index (χ4n) is 4.05. The second-order valence-electron chi connectivity index (χ2n) is 8.95. The maximum atomic E-state index is 13.1. The lowest BCUT2D eigenvalue weighted by molar-refractivity contribution is -0.139. The van der Waals surface area contributed by atoms with E-state index >= 15 is 0 Å². The molecule has 0 saturated carbocycles. The standard InChI is InChI=1S/C27H32N2O6/c1-17(2)35-21-13-11-19(12-14-21)24(30)22-23(18-7-9-20(10-8-18)27(33)34-5)29(26(32)25(22)31)16-6-15-28(3)4/h7-14,17,23,30H,6,15-16H2,1-5H3/b24-22+. The van der Waals surface area contributed by atoms with Gasteiger partial charge in [-0.25, -0.2) is 4.79 Å². The highest BCUT2D eigenvalue weighted by Gasteiger charge is 2.45. The summed E-state index contributed by atoms with van der Waals surface area (Å²) < 4.78 is 10.4. The first-order chi connectivity index (χ1) is 16.6. The van der Waals surface area contributed by atoms with Gasteiger partial charge in [-0.1, -0.05) is 12.1 Å². The Bertz CT molecular complexity index is 1100. The van der Waals surface area contributed by atoms with E-state index < -0.39 is 23.7 Å². The highest BCUT2D eigenvalue weighted by atomic mass is 16.5. The van der Waals surface area contributed by atoms with E-state index in [0.717, 1.165) is 6.54 Å².